The predicted molar refractivity (Wildman–Crippen MR) is 131 cm³/mol. The van der Waals surface area contributed by atoms with Gasteiger partial charge in [-0.3, -0.25) is 9.59 Å². The van der Waals surface area contributed by atoms with Gasteiger partial charge in [0.2, 0.25) is 11.8 Å². The molecule has 0 rings (SSSR count). The fourth-order valence-corrected chi connectivity index (χ4v) is 2.85. The van der Waals surface area contributed by atoms with Crippen molar-refractivity contribution in [3.05, 3.63) is 0 Å². The lowest BCUT2D eigenvalue weighted by Crippen LogP contribution is -2.38. The number of amides is 2. The molecule has 0 aliphatic carbocycles. The number of hydrogen-bond donors (Lipinski definition) is 4. The number of nitrogens with one attached hydrogen (secondary N) is 4. The van der Waals surface area contributed by atoms with E-state index in [1.165, 1.54) is 0 Å². The van der Waals surface area contributed by atoms with Gasteiger partial charge in [-0.1, -0.05) is 20.8 Å². The molecule has 0 fully saturated rings. The van der Waals surface area contributed by atoms with E-state index < -0.39 is 0 Å². The molecular weight excluding hydrogens is 408 g/mol. The molecule has 0 bridgehead atoms. The van der Waals surface area contributed by atoms with Gasteiger partial charge in [0, 0.05) is 13.1 Å². The molecule has 0 atom stereocenters. The minimum Gasteiger partial charge on any atom is -0.373 e. The topological polar surface area (TPSA) is 101 Å². The molecule has 0 heterocycles. The summed E-state index contributed by atoms with van der Waals surface area (Å²) in [5.74, 6) is 0.662. The molecule has 8 heteroatoms. The first-order valence-corrected chi connectivity index (χ1v) is 12.2. The van der Waals surface area contributed by atoms with Crippen molar-refractivity contribution in [2.45, 2.75) is 85.4 Å². The minimum atomic E-state index is -0.290. The first kappa shape index (κ1) is 30.8. The summed E-state index contributed by atoms with van der Waals surface area (Å²) in [7, 11) is 0. The van der Waals surface area contributed by atoms with Crippen molar-refractivity contribution in [3.63, 3.8) is 0 Å². The van der Waals surface area contributed by atoms with E-state index in [2.05, 4.69) is 49.0 Å². The van der Waals surface area contributed by atoms with Crippen LogP contribution in [0, 0.1) is 5.92 Å². The minimum absolute atomic E-state index is 0.0300. The second kappa shape index (κ2) is 17.3. The Bertz CT molecular complexity index is 510. The summed E-state index contributed by atoms with van der Waals surface area (Å²) < 4.78 is 12.0. The van der Waals surface area contributed by atoms with Crippen molar-refractivity contribution in [2.24, 2.45) is 5.92 Å². The zero-order valence-corrected chi connectivity index (χ0v) is 21.7. The van der Waals surface area contributed by atoms with E-state index in [-0.39, 0.29) is 23.0 Å². The molecule has 32 heavy (non-hydrogen) atoms. The fourth-order valence-electron chi connectivity index (χ4n) is 2.85. The Balaban J connectivity index is 3.83. The molecule has 0 saturated heterocycles. The SMILES string of the molecule is CCCNC(=O)CNCCC(C)(C)OCCOC(C)(C)CCNCC(=O)NCCC(C)C. The first-order valence-electron chi connectivity index (χ1n) is 12.2. The molecule has 0 aliphatic heterocycles. The monoisotopic (exact) mass is 458 g/mol. The van der Waals surface area contributed by atoms with Crippen molar-refractivity contribution in [1.29, 1.82) is 0 Å². The molecule has 4 N–H and O–H groups in total. The van der Waals surface area contributed by atoms with Gasteiger partial charge in [-0.05, 0) is 72.4 Å². The lowest BCUT2D eigenvalue weighted by atomic mass is 10.1. The molecule has 0 radical (unpaired) electrons. The van der Waals surface area contributed by atoms with Crippen LogP contribution in [-0.4, -0.2) is 75.5 Å². The van der Waals surface area contributed by atoms with E-state index in [4.69, 9.17) is 9.47 Å². The van der Waals surface area contributed by atoms with Crippen LogP contribution in [0.15, 0.2) is 0 Å². The summed E-state index contributed by atoms with van der Waals surface area (Å²) >= 11 is 0. The zero-order chi connectivity index (χ0) is 24.5. The van der Waals surface area contributed by atoms with Gasteiger partial charge in [-0.15, -0.1) is 0 Å². The van der Waals surface area contributed by atoms with Gasteiger partial charge in [-0.25, -0.2) is 0 Å². The number of carbonyl (C=O) groups excluding carboxylic acids is 2. The number of carbonyl (C=O) groups is 2. The van der Waals surface area contributed by atoms with Crippen LogP contribution >= 0.6 is 0 Å². The summed E-state index contributed by atoms with van der Waals surface area (Å²) in [5.41, 5.74) is -0.576. The Labute approximate surface area is 196 Å². The highest BCUT2D eigenvalue weighted by molar-refractivity contribution is 5.78. The van der Waals surface area contributed by atoms with Crippen LogP contribution < -0.4 is 21.3 Å². The molecule has 0 aromatic rings. The smallest absolute Gasteiger partial charge is 0.233 e. The van der Waals surface area contributed by atoms with Crippen LogP contribution in [-0.2, 0) is 19.1 Å². The summed E-state index contributed by atoms with van der Waals surface area (Å²) in [4.78, 5) is 23.4. The second-order valence-electron chi connectivity index (χ2n) is 9.95. The number of hydrogen-bond acceptors (Lipinski definition) is 6. The molecule has 0 saturated carbocycles. The zero-order valence-electron chi connectivity index (χ0n) is 21.7. The summed E-state index contributed by atoms with van der Waals surface area (Å²) in [6.45, 7) is 19.1. The molecule has 2 amide bonds. The van der Waals surface area contributed by atoms with Crippen LogP contribution in [0.1, 0.15) is 74.1 Å². The first-order chi connectivity index (χ1) is 15.0. The average molecular weight is 459 g/mol. The van der Waals surface area contributed by atoms with Crippen molar-refractivity contribution < 1.29 is 19.1 Å². The van der Waals surface area contributed by atoms with Gasteiger partial charge in [-0.2, -0.15) is 0 Å². The highest BCUT2D eigenvalue weighted by atomic mass is 16.5. The van der Waals surface area contributed by atoms with E-state index in [1.54, 1.807) is 0 Å². The molecule has 0 aliphatic rings. The van der Waals surface area contributed by atoms with Crippen LogP contribution in [0.5, 0.6) is 0 Å². The van der Waals surface area contributed by atoms with Gasteiger partial charge in [0.15, 0.2) is 0 Å². The van der Waals surface area contributed by atoms with Gasteiger partial charge < -0.3 is 30.7 Å². The molecule has 0 spiro atoms. The lowest BCUT2D eigenvalue weighted by Gasteiger charge is -2.29. The Morgan fingerprint density at radius 3 is 1.59 bits per heavy atom. The normalized spacial score (nSPS) is 12.2. The molecule has 0 unspecified atom stereocenters. The van der Waals surface area contributed by atoms with E-state index in [0.717, 1.165) is 45.3 Å². The van der Waals surface area contributed by atoms with Gasteiger partial charge in [0.25, 0.3) is 0 Å². The second-order valence-corrected chi connectivity index (χ2v) is 9.95. The average Bonchev–Trinajstić information content (AvgIpc) is 2.70. The quantitative estimate of drug-likeness (QED) is 0.209. The van der Waals surface area contributed by atoms with Crippen molar-refractivity contribution in [1.82, 2.24) is 21.3 Å². The molecule has 0 aromatic carbocycles. The van der Waals surface area contributed by atoms with Crippen molar-refractivity contribution in [2.75, 3.05) is 52.5 Å². The molecule has 190 valence electrons. The maximum absolute atomic E-state index is 11.8. The van der Waals surface area contributed by atoms with Gasteiger partial charge >= 0.3 is 0 Å². The Morgan fingerprint density at radius 2 is 1.19 bits per heavy atom. The highest BCUT2D eigenvalue weighted by Crippen LogP contribution is 2.16. The summed E-state index contributed by atoms with van der Waals surface area (Å²) in [5, 5.41) is 12.1. The fraction of sp³-hybridized carbons (Fsp3) is 0.917. The summed E-state index contributed by atoms with van der Waals surface area (Å²) in [6, 6.07) is 0. The van der Waals surface area contributed by atoms with Gasteiger partial charge in [0.1, 0.15) is 0 Å². The van der Waals surface area contributed by atoms with Gasteiger partial charge in [0.05, 0.1) is 37.5 Å². The van der Waals surface area contributed by atoms with Crippen LogP contribution in [0.2, 0.25) is 0 Å². The van der Waals surface area contributed by atoms with Crippen molar-refractivity contribution in [3.8, 4) is 0 Å². The number of ether oxygens (including phenoxy) is 2. The maximum Gasteiger partial charge on any atom is 0.233 e. The Kier molecular flexibility index (Phi) is 16.6. The van der Waals surface area contributed by atoms with Crippen LogP contribution in [0.3, 0.4) is 0 Å². The predicted octanol–water partition coefficient (Wildman–Crippen LogP) is 2.22. The third kappa shape index (κ3) is 19.5. The van der Waals surface area contributed by atoms with Crippen LogP contribution in [0.25, 0.3) is 0 Å². The standard InChI is InChI=1S/C24H50N4O4/c1-8-12-27-21(29)18-25-14-10-23(4,5)31-16-17-32-24(6,7)11-15-26-19-22(30)28-13-9-20(2)3/h20,25-26H,8-19H2,1-7H3,(H,27,29)(H,28,30). The van der Waals surface area contributed by atoms with E-state index >= 15 is 0 Å². The third-order valence-corrected chi connectivity index (χ3v) is 5.06. The lowest BCUT2D eigenvalue weighted by molar-refractivity contribution is -0.121. The Morgan fingerprint density at radius 1 is 0.750 bits per heavy atom. The maximum atomic E-state index is 11.8. The van der Waals surface area contributed by atoms with Crippen molar-refractivity contribution >= 4 is 11.8 Å². The van der Waals surface area contributed by atoms with E-state index in [9.17, 15) is 9.59 Å². The Hall–Kier alpha value is -1.22. The molecule has 8 nitrogen and oxygen atoms in total. The highest BCUT2D eigenvalue weighted by Gasteiger charge is 2.21. The number of rotatable bonds is 20. The molecule has 0 aromatic heterocycles. The molecular formula is C24H50N4O4. The van der Waals surface area contributed by atoms with E-state index in [0.29, 0.717) is 38.8 Å². The van der Waals surface area contributed by atoms with E-state index in [1.807, 2.05) is 20.8 Å². The third-order valence-electron chi connectivity index (χ3n) is 5.06. The summed E-state index contributed by atoms with van der Waals surface area (Å²) in [6.07, 6.45) is 3.55. The van der Waals surface area contributed by atoms with Crippen LogP contribution in [0.4, 0.5) is 0 Å². The largest absolute Gasteiger partial charge is 0.373 e.